The molecule has 0 saturated carbocycles. The van der Waals surface area contributed by atoms with Crippen molar-refractivity contribution in [2.75, 3.05) is 13.2 Å². The van der Waals surface area contributed by atoms with E-state index in [0.29, 0.717) is 0 Å². The number of aliphatic hydroxyl groups excluding tert-OH is 9. The lowest BCUT2D eigenvalue weighted by Gasteiger charge is -2.40. The van der Waals surface area contributed by atoms with Crippen LogP contribution >= 0.6 is 0 Å². The number of nitrogens with one attached hydrogen (secondary N) is 1. The zero-order valence-corrected chi connectivity index (χ0v) is 14.4. The fraction of sp³-hybridized carbons (Fsp3) is 0.857. The van der Waals surface area contributed by atoms with Crippen molar-refractivity contribution >= 4 is 12.2 Å². The molecular formula is C14H27NO12. The van der Waals surface area contributed by atoms with E-state index in [1.54, 1.807) is 0 Å². The molecule has 9 atom stereocenters. The number of aldehydes is 1. The van der Waals surface area contributed by atoms with Crippen molar-refractivity contribution in [1.82, 2.24) is 5.32 Å². The lowest BCUT2D eigenvalue weighted by atomic mass is 9.97. The summed E-state index contributed by atoms with van der Waals surface area (Å²) in [5.74, 6) is -0.462. The first-order chi connectivity index (χ1) is 12.5. The van der Waals surface area contributed by atoms with Gasteiger partial charge in [0.1, 0.15) is 48.8 Å². The van der Waals surface area contributed by atoms with Crippen LogP contribution in [0.25, 0.3) is 0 Å². The van der Waals surface area contributed by atoms with Gasteiger partial charge in [0, 0.05) is 6.92 Å². The van der Waals surface area contributed by atoms with Gasteiger partial charge in [-0.1, -0.05) is 0 Å². The van der Waals surface area contributed by atoms with Crippen molar-refractivity contribution in [2.24, 2.45) is 0 Å². The van der Waals surface area contributed by atoms with E-state index in [4.69, 9.17) is 35.4 Å². The molecular weight excluding hydrogens is 374 g/mol. The van der Waals surface area contributed by atoms with Crippen LogP contribution in [0.2, 0.25) is 0 Å². The van der Waals surface area contributed by atoms with Crippen LogP contribution in [0, 0.1) is 0 Å². The van der Waals surface area contributed by atoms with Gasteiger partial charge in [0.2, 0.25) is 5.91 Å². The van der Waals surface area contributed by atoms with Gasteiger partial charge < -0.3 is 60.8 Å². The number of hydrogen-bond acceptors (Lipinski definition) is 12. The molecule has 1 fully saturated rings. The van der Waals surface area contributed by atoms with Crippen molar-refractivity contribution < 1.29 is 60.3 Å². The number of carbonyl (C=O) groups is 2. The van der Waals surface area contributed by atoms with Crippen LogP contribution in [0.1, 0.15) is 6.92 Å². The number of hydrogen-bond donors (Lipinski definition) is 10. The van der Waals surface area contributed by atoms with E-state index < -0.39 is 74.2 Å². The predicted molar refractivity (Wildman–Crippen MR) is 84.8 cm³/mol. The van der Waals surface area contributed by atoms with E-state index in [1.807, 2.05) is 0 Å². The highest BCUT2D eigenvalue weighted by atomic mass is 16.6. The molecule has 0 aromatic rings. The van der Waals surface area contributed by atoms with Gasteiger partial charge in [-0.3, -0.25) is 4.79 Å². The summed E-state index contributed by atoms with van der Waals surface area (Å²) >= 11 is 0. The molecule has 27 heavy (non-hydrogen) atoms. The number of aliphatic hydroxyl groups is 9. The third-order valence-corrected chi connectivity index (χ3v) is 3.69. The smallest absolute Gasteiger partial charge is 0.217 e. The molecule has 0 bridgehead atoms. The van der Waals surface area contributed by atoms with Crippen molar-refractivity contribution in [3.63, 3.8) is 0 Å². The second kappa shape index (κ2) is 12.2. The number of ether oxygens (including phenoxy) is 1. The number of carbonyl (C=O) groups excluding carboxylic acids is 2. The summed E-state index contributed by atoms with van der Waals surface area (Å²) in [4.78, 5) is 20.6. The fourth-order valence-corrected chi connectivity index (χ4v) is 2.11. The zero-order valence-electron chi connectivity index (χ0n) is 14.4. The molecule has 1 aliphatic heterocycles. The molecule has 10 N–H and O–H groups in total. The van der Waals surface area contributed by atoms with E-state index in [9.17, 15) is 24.9 Å². The standard InChI is InChI=1S/C8H15NO6.C6H12O6/c1-3(11)9-5-7(13)6(12)4(2-10)15-8(5)14;7-1-3(9)5(11)6(12)4(10)2-8/h4-8,10,12-14H,2H2,1H3,(H,9,11);1,3-6,8-12H,2H2/t4-,5-,6+,7-,8?;3-,4+,5+,6+/m10/s1. The Labute approximate surface area is 154 Å². The second-order valence-electron chi connectivity index (χ2n) is 5.81. The summed E-state index contributed by atoms with van der Waals surface area (Å²) in [7, 11) is 0. The summed E-state index contributed by atoms with van der Waals surface area (Å²) in [6.45, 7) is -0.0736. The third-order valence-electron chi connectivity index (χ3n) is 3.69. The van der Waals surface area contributed by atoms with Crippen LogP contribution in [0.3, 0.4) is 0 Å². The molecule has 0 spiro atoms. The highest BCUT2D eigenvalue weighted by Crippen LogP contribution is 2.19. The topological polar surface area (TPSA) is 237 Å². The van der Waals surface area contributed by atoms with Crippen LogP contribution < -0.4 is 5.32 Å². The maximum absolute atomic E-state index is 10.7. The average Bonchev–Trinajstić information content (AvgIpc) is 2.65. The van der Waals surface area contributed by atoms with Gasteiger partial charge >= 0.3 is 0 Å². The summed E-state index contributed by atoms with van der Waals surface area (Å²) in [6.07, 6.45) is -12.1. The SMILES string of the molecule is CC(=O)N[C@H]1C(O)O[C@H](CO)[C@H](O)[C@@H]1O.O=C[C@H](O)[C@@H](O)[C@H](O)[C@H](O)CO. The maximum atomic E-state index is 10.7. The minimum atomic E-state index is -1.79. The predicted octanol–water partition coefficient (Wildman–Crippen LogP) is -6.46. The molecule has 1 rings (SSSR count). The molecule has 1 heterocycles. The molecule has 1 aliphatic rings. The number of rotatable bonds is 7. The lowest BCUT2D eigenvalue weighted by Crippen LogP contribution is -2.63. The van der Waals surface area contributed by atoms with Gasteiger partial charge in [0.25, 0.3) is 0 Å². The van der Waals surface area contributed by atoms with Gasteiger partial charge in [-0.2, -0.15) is 0 Å². The van der Waals surface area contributed by atoms with E-state index in [2.05, 4.69) is 5.32 Å². The summed E-state index contributed by atoms with van der Waals surface area (Å²) in [5, 5.41) is 82.9. The molecule has 0 aromatic heterocycles. The molecule has 1 saturated heterocycles. The van der Waals surface area contributed by atoms with Crippen LogP contribution in [0.5, 0.6) is 0 Å². The van der Waals surface area contributed by atoms with Crippen molar-refractivity contribution in [2.45, 2.75) is 62.0 Å². The highest BCUT2D eigenvalue weighted by molar-refractivity contribution is 5.73. The van der Waals surface area contributed by atoms with Gasteiger partial charge in [-0.25, -0.2) is 0 Å². The molecule has 160 valence electrons. The van der Waals surface area contributed by atoms with Crippen molar-refractivity contribution in [3.8, 4) is 0 Å². The quantitative estimate of drug-likeness (QED) is 0.179. The normalized spacial score (nSPS) is 32.3. The largest absolute Gasteiger partial charge is 0.394 e. The average molecular weight is 401 g/mol. The minimum Gasteiger partial charge on any atom is -0.394 e. The first-order valence-electron chi connectivity index (χ1n) is 7.87. The third kappa shape index (κ3) is 7.71. The highest BCUT2D eigenvalue weighted by Gasteiger charge is 2.43. The van der Waals surface area contributed by atoms with Gasteiger partial charge in [0.05, 0.1) is 13.2 Å². The summed E-state index contributed by atoms with van der Waals surface area (Å²) in [6, 6.07) is -1.10. The molecule has 0 aromatic carbocycles. The Morgan fingerprint density at radius 2 is 1.63 bits per heavy atom. The van der Waals surface area contributed by atoms with Crippen LogP contribution in [0.15, 0.2) is 0 Å². The Kier molecular flexibility index (Phi) is 11.7. The number of amides is 1. The fourth-order valence-electron chi connectivity index (χ4n) is 2.11. The van der Waals surface area contributed by atoms with Crippen LogP contribution in [-0.2, 0) is 14.3 Å². The zero-order chi connectivity index (χ0) is 21.3. The Hall–Kier alpha value is -1.26. The maximum Gasteiger partial charge on any atom is 0.217 e. The Balaban J connectivity index is 0.000000516. The van der Waals surface area contributed by atoms with Gasteiger partial charge in [-0.05, 0) is 0 Å². The molecule has 0 aliphatic carbocycles. The van der Waals surface area contributed by atoms with E-state index >= 15 is 0 Å². The second-order valence-corrected chi connectivity index (χ2v) is 5.81. The molecule has 1 unspecified atom stereocenters. The lowest BCUT2D eigenvalue weighted by molar-refractivity contribution is -0.253. The van der Waals surface area contributed by atoms with Crippen molar-refractivity contribution in [1.29, 1.82) is 0 Å². The van der Waals surface area contributed by atoms with Crippen molar-refractivity contribution in [3.05, 3.63) is 0 Å². The Bertz CT molecular complexity index is 452. The summed E-state index contributed by atoms with van der Waals surface area (Å²) in [5.41, 5.74) is 0. The molecule has 0 radical (unpaired) electrons. The van der Waals surface area contributed by atoms with Crippen LogP contribution in [0.4, 0.5) is 0 Å². The Morgan fingerprint density at radius 3 is 2.04 bits per heavy atom. The monoisotopic (exact) mass is 401 g/mol. The van der Waals surface area contributed by atoms with Gasteiger partial charge in [0.15, 0.2) is 12.6 Å². The van der Waals surface area contributed by atoms with E-state index in [1.165, 1.54) is 6.92 Å². The van der Waals surface area contributed by atoms with E-state index in [-0.39, 0.29) is 6.29 Å². The van der Waals surface area contributed by atoms with Gasteiger partial charge in [-0.15, -0.1) is 0 Å². The molecule has 13 heteroatoms. The summed E-state index contributed by atoms with van der Waals surface area (Å²) < 4.78 is 4.81. The molecule has 13 nitrogen and oxygen atoms in total. The molecule has 1 amide bonds. The van der Waals surface area contributed by atoms with Crippen LogP contribution in [-0.4, -0.2) is 126 Å². The first-order valence-corrected chi connectivity index (χ1v) is 7.87. The Morgan fingerprint density at radius 1 is 1.07 bits per heavy atom. The first kappa shape index (κ1) is 25.7. The minimum absolute atomic E-state index is 0.0258. The van der Waals surface area contributed by atoms with E-state index in [0.717, 1.165) is 0 Å².